The summed E-state index contributed by atoms with van der Waals surface area (Å²) < 4.78 is 10.8. The summed E-state index contributed by atoms with van der Waals surface area (Å²) in [4.78, 5) is 15.7. The second-order valence-electron chi connectivity index (χ2n) is 2.99. The van der Waals surface area contributed by atoms with E-state index >= 15 is 0 Å². The number of carbonyl (C=O) groups excluding carboxylic acids is 1. The van der Waals surface area contributed by atoms with Crippen molar-refractivity contribution in [1.29, 1.82) is 0 Å². The van der Waals surface area contributed by atoms with Gasteiger partial charge in [0.05, 0.1) is 4.47 Å². The molecule has 0 radical (unpaired) electrons. The number of ether oxygens (including phenoxy) is 2. The number of hydrogen-bond donors (Lipinski definition) is 1. The van der Waals surface area contributed by atoms with Gasteiger partial charge in [-0.15, -0.1) is 0 Å². The summed E-state index contributed by atoms with van der Waals surface area (Å²) in [5.74, 6) is 0.227. The lowest BCUT2D eigenvalue weighted by Gasteiger charge is -2.14. The van der Waals surface area contributed by atoms with Crippen LogP contribution in [-0.2, 0) is 14.3 Å². The zero-order valence-corrected chi connectivity index (χ0v) is 9.86. The topological polar surface area (TPSA) is 60.5 Å². The number of pyridine rings is 1. The van der Waals surface area contributed by atoms with Gasteiger partial charge in [-0.25, -0.2) is 4.98 Å². The van der Waals surface area contributed by atoms with E-state index in [9.17, 15) is 4.79 Å². The first-order valence-corrected chi connectivity index (χ1v) is 5.43. The standard InChI is InChI=1S/C10H9BrN2O3/c11-7-2-1-3-12-9(7)13-10(14)8-6-15-4-5-16-8/h1-3,6H,4-5H2,(H,12,13,14). The fourth-order valence-corrected chi connectivity index (χ4v) is 1.49. The molecule has 0 saturated heterocycles. The number of rotatable bonds is 2. The molecule has 1 N–H and O–H groups in total. The molecule has 2 heterocycles. The van der Waals surface area contributed by atoms with Gasteiger partial charge in [-0.1, -0.05) is 0 Å². The normalized spacial score (nSPS) is 14.4. The van der Waals surface area contributed by atoms with Crippen molar-refractivity contribution in [3.05, 3.63) is 34.8 Å². The highest BCUT2D eigenvalue weighted by Crippen LogP contribution is 2.19. The first-order chi connectivity index (χ1) is 7.77. The van der Waals surface area contributed by atoms with Crippen molar-refractivity contribution in [2.75, 3.05) is 18.5 Å². The highest BCUT2D eigenvalue weighted by molar-refractivity contribution is 9.10. The maximum Gasteiger partial charge on any atom is 0.295 e. The minimum absolute atomic E-state index is 0.156. The molecule has 16 heavy (non-hydrogen) atoms. The molecule has 0 saturated carbocycles. The zero-order valence-electron chi connectivity index (χ0n) is 8.27. The molecule has 0 aliphatic carbocycles. The van der Waals surface area contributed by atoms with Gasteiger partial charge >= 0.3 is 0 Å². The van der Waals surface area contributed by atoms with Crippen LogP contribution in [0.2, 0.25) is 0 Å². The largest absolute Gasteiger partial charge is 0.494 e. The molecule has 1 amide bonds. The van der Waals surface area contributed by atoms with Crippen LogP contribution in [0, 0.1) is 0 Å². The number of nitrogens with zero attached hydrogens (tertiary/aromatic N) is 1. The van der Waals surface area contributed by atoms with Crippen molar-refractivity contribution in [3.8, 4) is 0 Å². The highest BCUT2D eigenvalue weighted by atomic mass is 79.9. The van der Waals surface area contributed by atoms with Gasteiger partial charge in [-0.2, -0.15) is 0 Å². The van der Waals surface area contributed by atoms with Gasteiger partial charge in [0.1, 0.15) is 25.3 Å². The molecular weight excluding hydrogens is 276 g/mol. The number of hydrogen-bond acceptors (Lipinski definition) is 4. The van der Waals surface area contributed by atoms with Crippen LogP contribution in [0.4, 0.5) is 5.82 Å². The number of amides is 1. The molecular formula is C10H9BrN2O3. The van der Waals surface area contributed by atoms with E-state index in [1.165, 1.54) is 6.26 Å². The van der Waals surface area contributed by atoms with Gasteiger partial charge in [0.15, 0.2) is 0 Å². The molecule has 1 aromatic heterocycles. The van der Waals surface area contributed by atoms with E-state index in [-0.39, 0.29) is 11.7 Å². The SMILES string of the molecule is O=C(Nc1ncccc1Br)C1=COCCO1. The molecule has 0 unspecified atom stereocenters. The van der Waals surface area contributed by atoms with E-state index in [1.807, 2.05) is 0 Å². The van der Waals surface area contributed by atoms with Gasteiger partial charge < -0.3 is 14.8 Å². The summed E-state index contributed by atoms with van der Waals surface area (Å²) in [6.45, 7) is 0.840. The molecule has 1 aliphatic rings. The average Bonchev–Trinajstić information content (AvgIpc) is 2.33. The van der Waals surface area contributed by atoms with E-state index in [0.29, 0.717) is 23.5 Å². The van der Waals surface area contributed by atoms with E-state index in [0.717, 1.165) is 0 Å². The number of nitrogens with one attached hydrogen (secondary N) is 1. The van der Waals surface area contributed by atoms with Crippen molar-refractivity contribution >= 4 is 27.7 Å². The highest BCUT2D eigenvalue weighted by Gasteiger charge is 2.16. The molecule has 0 bridgehead atoms. The van der Waals surface area contributed by atoms with Crippen molar-refractivity contribution in [2.24, 2.45) is 0 Å². The Hall–Kier alpha value is -1.56. The van der Waals surface area contributed by atoms with Crippen LogP contribution < -0.4 is 5.32 Å². The average molecular weight is 285 g/mol. The maximum atomic E-state index is 11.7. The Bertz CT molecular complexity index is 434. The van der Waals surface area contributed by atoms with Crippen LogP contribution in [0.3, 0.4) is 0 Å². The van der Waals surface area contributed by atoms with Crippen molar-refractivity contribution < 1.29 is 14.3 Å². The van der Waals surface area contributed by atoms with E-state index in [1.54, 1.807) is 18.3 Å². The lowest BCUT2D eigenvalue weighted by Crippen LogP contribution is -2.21. The summed E-state index contributed by atoms with van der Waals surface area (Å²) >= 11 is 3.28. The summed E-state index contributed by atoms with van der Waals surface area (Å²) in [6.07, 6.45) is 2.89. The Balaban J connectivity index is 2.07. The first-order valence-electron chi connectivity index (χ1n) is 4.64. The molecule has 1 aliphatic heterocycles. The Morgan fingerprint density at radius 2 is 2.38 bits per heavy atom. The summed E-state index contributed by atoms with van der Waals surface area (Å²) in [7, 11) is 0. The Morgan fingerprint density at radius 1 is 1.50 bits per heavy atom. The molecule has 5 nitrogen and oxygen atoms in total. The van der Waals surface area contributed by atoms with Crippen molar-refractivity contribution in [3.63, 3.8) is 0 Å². The zero-order chi connectivity index (χ0) is 11.4. The number of anilines is 1. The summed E-state index contributed by atoms with van der Waals surface area (Å²) in [5, 5.41) is 2.61. The monoisotopic (exact) mass is 284 g/mol. The molecule has 1 aromatic rings. The second-order valence-corrected chi connectivity index (χ2v) is 3.84. The van der Waals surface area contributed by atoms with Crippen LogP contribution in [0.1, 0.15) is 0 Å². The van der Waals surface area contributed by atoms with Gasteiger partial charge in [0.25, 0.3) is 5.91 Å². The van der Waals surface area contributed by atoms with E-state index in [4.69, 9.17) is 9.47 Å². The third kappa shape index (κ3) is 2.52. The smallest absolute Gasteiger partial charge is 0.295 e. The van der Waals surface area contributed by atoms with E-state index < -0.39 is 0 Å². The summed E-state index contributed by atoms with van der Waals surface area (Å²) in [6, 6.07) is 3.55. The molecule has 84 valence electrons. The lowest BCUT2D eigenvalue weighted by molar-refractivity contribution is -0.117. The third-order valence-electron chi connectivity index (χ3n) is 1.86. The number of carbonyl (C=O) groups is 1. The second kappa shape index (κ2) is 4.98. The Morgan fingerprint density at radius 3 is 3.06 bits per heavy atom. The van der Waals surface area contributed by atoms with Crippen LogP contribution in [0.25, 0.3) is 0 Å². The van der Waals surface area contributed by atoms with Crippen LogP contribution in [-0.4, -0.2) is 24.1 Å². The van der Waals surface area contributed by atoms with Crippen molar-refractivity contribution in [1.82, 2.24) is 4.98 Å². The molecule has 0 aromatic carbocycles. The predicted octanol–water partition coefficient (Wildman–Crippen LogP) is 1.67. The molecule has 0 spiro atoms. The minimum Gasteiger partial charge on any atom is -0.494 e. The lowest BCUT2D eigenvalue weighted by atomic mass is 10.4. The van der Waals surface area contributed by atoms with Gasteiger partial charge in [-0.3, -0.25) is 4.79 Å². The predicted molar refractivity (Wildman–Crippen MR) is 60.6 cm³/mol. The van der Waals surface area contributed by atoms with Gasteiger partial charge in [-0.05, 0) is 28.1 Å². The van der Waals surface area contributed by atoms with Crippen molar-refractivity contribution in [2.45, 2.75) is 0 Å². The summed E-state index contributed by atoms with van der Waals surface area (Å²) in [5.41, 5.74) is 0. The Kier molecular flexibility index (Phi) is 3.40. The quantitative estimate of drug-likeness (QED) is 0.898. The molecule has 0 fully saturated rings. The molecule has 6 heteroatoms. The number of aromatic nitrogens is 1. The fourth-order valence-electron chi connectivity index (χ4n) is 1.13. The van der Waals surface area contributed by atoms with Crippen LogP contribution in [0.5, 0.6) is 0 Å². The maximum absolute atomic E-state index is 11.7. The minimum atomic E-state index is -0.376. The number of halogens is 1. The van der Waals surface area contributed by atoms with Gasteiger partial charge in [0, 0.05) is 6.20 Å². The molecule has 0 atom stereocenters. The fraction of sp³-hybridized carbons (Fsp3) is 0.200. The van der Waals surface area contributed by atoms with Crippen LogP contribution in [0.15, 0.2) is 34.8 Å². The van der Waals surface area contributed by atoms with Gasteiger partial charge in [0.2, 0.25) is 5.76 Å². The molecule has 2 rings (SSSR count). The third-order valence-corrected chi connectivity index (χ3v) is 2.50. The first kappa shape index (κ1) is 10.9. The van der Waals surface area contributed by atoms with Crippen LogP contribution >= 0.6 is 15.9 Å². The van der Waals surface area contributed by atoms with E-state index in [2.05, 4.69) is 26.2 Å². The Labute approximate surface area is 101 Å².